The van der Waals surface area contributed by atoms with E-state index in [2.05, 4.69) is 49.1 Å². The van der Waals surface area contributed by atoms with Crippen molar-refractivity contribution in [2.75, 3.05) is 13.1 Å². The normalized spacial score (nSPS) is 21.8. The molecule has 0 saturated carbocycles. The summed E-state index contributed by atoms with van der Waals surface area (Å²) in [5.41, 5.74) is 11.8. The summed E-state index contributed by atoms with van der Waals surface area (Å²) in [6.45, 7) is 7.46. The first-order valence-corrected chi connectivity index (χ1v) is 9.16. The van der Waals surface area contributed by atoms with Crippen LogP contribution in [0.15, 0.2) is 42.5 Å². The van der Waals surface area contributed by atoms with Gasteiger partial charge in [-0.15, -0.1) is 0 Å². The van der Waals surface area contributed by atoms with Gasteiger partial charge in [-0.1, -0.05) is 47.5 Å². The number of nitrogens with zero attached hydrogens (tertiary/aromatic N) is 1. The van der Waals surface area contributed by atoms with Gasteiger partial charge in [-0.2, -0.15) is 0 Å². The molecule has 0 spiro atoms. The van der Waals surface area contributed by atoms with Crippen molar-refractivity contribution in [3.63, 3.8) is 0 Å². The number of rotatable bonds is 4. The fourth-order valence-electron chi connectivity index (χ4n) is 3.84. The first-order valence-electron chi connectivity index (χ1n) is 8.78. The van der Waals surface area contributed by atoms with Crippen LogP contribution in [0.25, 0.3) is 0 Å². The molecule has 2 nitrogen and oxygen atoms in total. The molecule has 2 atom stereocenters. The van der Waals surface area contributed by atoms with E-state index in [1.807, 2.05) is 12.1 Å². The maximum atomic E-state index is 6.35. The van der Waals surface area contributed by atoms with Crippen LogP contribution in [0, 0.1) is 19.8 Å². The number of piperidine rings is 1. The second-order valence-corrected chi connectivity index (χ2v) is 7.75. The summed E-state index contributed by atoms with van der Waals surface area (Å²) in [5, 5.41) is 0.801. The van der Waals surface area contributed by atoms with E-state index in [4.69, 9.17) is 17.3 Å². The lowest BCUT2D eigenvalue weighted by Gasteiger charge is -2.36. The lowest BCUT2D eigenvalue weighted by molar-refractivity contribution is 0.149. The minimum absolute atomic E-state index is 0.266. The van der Waals surface area contributed by atoms with Crippen molar-refractivity contribution in [2.45, 2.75) is 39.3 Å². The fraction of sp³-hybridized carbons (Fsp3) is 0.429. The molecule has 1 fully saturated rings. The van der Waals surface area contributed by atoms with Gasteiger partial charge in [-0.3, -0.25) is 4.90 Å². The molecule has 24 heavy (non-hydrogen) atoms. The number of aryl methyl sites for hydroxylation is 2. The Morgan fingerprint density at radius 3 is 2.54 bits per heavy atom. The van der Waals surface area contributed by atoms with Gasteiger partial charge < -0.3 is 5.73 Å². The van der Waals surface area contributed by atoms with E-state index >= 15 is 0 Å². The van der Waals surface area contributed by atoms with E-state index in [-0.39, 0.29) is 6.04 Å². The third-order valence-electron chi connectivity index (χ3n) is 4.97. The van der Waals surface area contributed by atoms with Crippen molar-refractivity contribution in [1.29, 1.82) is 0 Å². The average Bonchev–Trinajstić information content (AvgIpc) is 2.52. The predicted octanol–water partition coefficient (Wildman–Crippen LogP) is 4.35. The summed E-state index contributed by atoms with van der Waals surface area (Å²) in [5.74, 6) is 0.612. The summed E-state index contributed by atoms with van der Waals surface area (Å²) >= 11 is 5.99. The van der Waals surface area contributed by atoms with Gasteiger partial charge in [0.25, 0.3) is 0 Å². The van der Waals surface area contributed by atoms with Crippen LogP contribution in [-0.2, 0) is 13.0 Å². The van der Waals surface area contributed by atoms with Gasteiger partial charge in [-0.05, 0) is 61.4 Å². The molecule has 3 rings (SSSR count). The highest BCUT2D eigenvalue weighted by atomic mass is 35.5. The standard InChI is InChI=1S/C21H27ClN2/c1-15-3-6-19(16(2)9-15)13-24-12-18(11-21(23)14-24)10-17-4-7-20(22)8-5-17/h3-9,18,21H,10-14,23H2,1-2H3. The van der Waals surface area contributed by atoms with Gasteiger partial charge in [0.05, 0.1) is 0 Å². The molecule has 1 saturated heterocycles. The Morgan fingerprint density at radius 1 is 1.08 bits per heavy atom. The van der Waals surface area contributed by atoms with Crippen LogP contribution in [0.5, 0.6) is 0 Å². The molecular weight excluding hydrogens is 316 g/mol. The van der Waals surface area contributed by atoms with E-state index in [9.17, 15) is 0 Å². The Balaban J connectivity index is 1.65. The zero-order valence-corrected chi connectivity index (χ0v) is 15.4. The van der Waals surface area contributed by atoms with Gasteiger partial charge in [-0.25, -0.2) is 0 Å². The number of nitrogens with two attached hydrogens (primary N) is 1. The van der Waals surface area contributed by atoms with E-state index in [1.54, 1.807) is 0 Å². The van der Waals surface area contributed by atoms with Gasteiger partial charge in [0.2, 0.25) is 0 Å². The third-order valence-corrected chi connectivity index (χ3v) is 5.23. The van der Waals surface area contributed by atoms with Crippen molar-refractivity contribution in [2.24, 2.45) is 11.7 Å². The number of hydrogen-bond donors (Lipinski definition) is 1. The minimum atomic E-state index is 0.266. The van der Waals surface area contributed by atoms with E-state index in [1.165, 1.54) is 22.3 Å². The van der Waals surface area contributed by atoms with Crippen LogP contribution in [0.4, 0.5) is 0 Å². The number of benzene rings is 2. The molecule has 0 aromatic heterocycles. The Hall–Kier alpha value is -1.35. The van der Waals surface area contributed by atoms with Crippen LogP contribution in [0.1, 0.15) is 28.7 Å². The van der Waals surface area contributed by atoms with Gasteiger partial charge in [0.15, 0.2) is 0 Å². The predicted molar refractivity (Wildman–Crippen MR) is 102 cm³/mol. The topological polar surface area (TPSA) is 29.3 Å². The molecule has 0 amide bonds. The lowest BCUT2D eigenvalue weighted by atomic mass is 9.88. The fourth-order valence-corrected chi connectivity index (χ4v) is 3.97. The molecule has 1 heterocycles. The maximum absolute atomic E-state index is 6.35. The molecule has 2 aromatic carbocycles. The molecule has 2 N–H and O–H groups in total. The smallest absolute Gasteiger partial charge is 0.0406 e. The molecule has 2 unspecified atom stereocenters. The summed E-state index contributed by atoms with van der Waals surface area (Å²) in [7, 11) is 0. The first kappa shape index (κ1) is 17.5. The molecule has 2 aromatic rings. The molecule has 1 aliphatic heterocycles. The molecule has 3 heteroatoms. The van der Waals surface area contributed by atoms with Crippen molar-refractivity contribution < 1.29 is 0 Å². The van der Waals surface area contributed by atoms with Crippen LogP contribution in [0.2, 0.25) is 5.02 Å². The summed E-state index contributed by atoms with van der Waals surface area (Å²) in [6, 6.07) is 15.2. The molecule has 128 valence electrons. The minimum Gasteiger partial charge on any atom is -0.327 e. The van der Waals surface area contributed by atoms with Crippen LogP contribution in [0.3, 0.4) is 0 Å². The molecule has 0 radical (unpaired) electrons. The van der Waals surface area contributed by atoms with Gasteiger partial charge >= 0.3 is 0 Å². The highest BCUT2D eigenvalue weighted by Crippen LogP contribution is 2.23. The van der Waals surface area contributed by atoms with E-state index in [0.717, 1.165) is 37.5 Å². The molecule has 0 bridgehead atoms. The maximum Gasteiger partial charge on any atom is 0.0406 e. The monoisotopic (exact) mass is 342 g/mol. The lowest BCUT2D eigenvalue weighted by Crippen LogP contribution is -2.47. The zero-order valence-electron chi connectivity index (χ0n) is 14.6. The first-order chi connectivity index (χ1) is 11.5. The van der Waals surface area contributed by atoms with E-state index < -0.39 is 0 Å². The molecule has 0 aliphatic carbocycles. The average molecular weight is 343 g/mol. The summed E-state index contributed by atoms with van der Waals surface area (Å²) < 4.78 is 0. The number of likely N-dealkylation sites (tertiary alicyclic amines) is 1. The Bertz CT molecular complexity index is 681. The molecular formula is C21H27ClN2. The summed E-state index contributed by atoms with van der Waals surface area (Å²) in [4.78, 5) is 2.52. The largest absolute Gasteiger partial charge is 0.327 e. The Kier molecular flexibility index (Phi) is 5.60. The second kappa shape index (κ2) is 7.69. The number of halogens is 1. The van der Waals surface area contributed by atoms with E-state index in [0.29, 0.717) is 5.92 Å². The van der Waals surface area contributed by atoms with Crippen molar-refractivity contribution >= 4 is 11.6 Å². The van der Waals surface area contributed by atoms with Crippen molar-refractivity contribution in [3.8, 4) is 0 Å². The highest BCUT2D eigenvalue weighted by molar-refractivity contribution is 6.30. The second-order valence-electron chi connectivity index (χ2n) is 7.32. The summed E-state index contributed by atoms with van der Waals surface area (Å²) in [6.07, 6.45) is 2.18. The van der Waals surface area contributed by atoms with Crippen molar-refractivity contribution in [1.82, 2.24) is 4.90 Å². The van der Waals surface area contributed by atoms with Crippen LogP contribution in [-0.4, -0.2) is 24.0 Å². The van der Waals surface area contributed by atoms with Crippen molar-refractivity contribution in [3.05, 3.63) is 69.7 Å². The zero-order chi connectivity index (χ0) is 17.1. The quantitative estimate of drug-likeness (QED) is 0.895. The Morgan fingerprint density at radius 2 is 1.83 bits per heavy atom. The highest BCUT2D eigenvalue weighted by Gasteiger charge is 2.25. The number of hydrogen-bond acceptors (Lipinski definition) is 2. The van der Waals surface area contributed by atoms with Crippen LogP contribution < -0.4 is 5.73 Å². The molecule has 1 aliphatic rings. The Labute approximate surface area is 150 Å². The van der Waals surface area contributed by atoms with Gasteiger partial charge in [0.1, 0.15) is 0 Å². The third kappa shape index (κ3) is 4.60. The van der Waals surface area contributed by atoms with Gasteiger partial charge in [0, 0.05) is 30.7 Å². The van der Waals surface area contributed by atoms with Crippen LogP contribution >= 0.6 is 11.6 Å². The SMILES string of the molecule is Cc1ccc(CN2CC(N)CC(Cc3ccc(Cl)cc3)C2)c(C)c1.